The number of hydrogen-bond donors (Lipinski definition) is 2. The van der Waals surface area contributed by atoms with Gasteiger partial charge in [0.05, 0.1) is 27.5 Å². The molecule has 0 saturated heterocycles. The van der Waals surface area contributed by atoms with Crippen molar-refractivity contribution in [3.05, 3.63) is 53.3 Å². The molecule has 2 N–H and O–H groups in total. The third-order valence-electron chi connectivity index (χ3n) is 3.43. The molecule has 138 valence electrons. The summed E-state index contributed by atoms with van der Waals surface area (Å²) in [6, 6.07) is 9.70. The van der Waals surface area contributed by atoms with Crippen molar-refractivity contribution in [3.63, 3.8) is 0 Å². The van der Waals surface area contributed by atoms with Gasteiger partial charge >= 0.3 is 0 Å². The van der Waals surface area contributed by atoms with E-state index in [0.717, 1.165) is 11.1 Å². The van der Waals surface area contributed by atoms with Crippen LogP contribution in [0.3, 0.4) is 0 Å². The molecule has 0 bridgehead atoms. The van der Waals surface area contributed by atoms with E-state index < -0.39 is 0 Å². The van der Waals surface area contributed by atoms with E-state index in [2.05, 4.69) is 15.8 Å². The number of thiocarbonyl (C=S) groups is 1. The van der Waals surface area contributed by atoms with Gasteiger partial charge in [0.25, 0.3) is 0 Å². The number of rotatable bonds is 7. The molecule has 0 aliphatic carbocycles. The quantitative estimate of drug-likeness (QED) is 0.440. The van der Waals surface area contributed by atoms with Crippen LogP contribution >= 0.6 is 12.2 Å². The lowest BCUT2D eigenvalue weighted by molar-refractivity contribution is 0.324. The molecule has 0 aliphatic rings. The molecule has 0 unspecified atom stereocenters. The fraction of sp³-hybridized carbons (Fsp3) is 0.222. The Bertz CT molecular complexity index is 757. The Kier molecular flexibility index (Phi) is 7.16. The molecule has 8 heteroatoms. The lowest BCUT2D eigenvalue weighted by atomic mass is 10.2. The lowest BCUT2D eigenvalue weighted by Gasteiger charge is -2.12. The molecule has 0 spiro atoms. The second-order valence-corrected chi connectivity index (χ2v) is 5.55. The van der Waals surface area contributed by atoms with Crippen LogP contribution in [0.1, 0.15) is 11.1 Å². The first-order valence-electron chi connectivity index (χ1n) is 7.68. The smallest absolute Gasteiger partial charge is 0.203 e. The predicted octanol–water partition coefficient (Wildman–Crippen LogP) is 2.85. The maximum Gasteiger partial charge on any atom is 0.203 e. The number of benzene rings is 2. The van der Waals surface area contributed by atoms with Crippen molar-refractivity contribution in [2.75, 3.05) is 21.3 Å². The topological polar surface area (TPSA) is 64.1 Å². The van der Waals surface area contributed by atoms with Crippen molar-refractivity contribution in [1.82, 2.24) is 10.7 Å². The molecule has 0 amide bonds. The summed E-state index contributed by atoms with van der Waals surface area (Å²) in [6.45, 7) is 0.464. The maximum atomic E-state index is 12.9. The van der Waals surface area contributed by atoms with Gasteiger partial charge in [0, 0.05) is 12.1 Å². The maximum absolute atomic E-state index is 12.9. The molecule has 0 saturated carbocycles. The van der Waals surface area contributed by atoms with E-state index in [0.29, 0.717) is 28.9 Å². The Hall–Kier alpha value is -2.87. The van der Waals surface area contributed by atoms with E-state index in [4.69, 9.17) is 26.4 Å². The molecule has 6 nitrogen and oxygen atoms in total. The molecule has 0 atom stereocenters. The highest BCUT2D eigenvalue weighted by Gasteiger charge is 2.12. The monoisotopic (exact) mass is 377 g/mol. The highest BCUT2D eigenvalue weighted by molar-refractivity contribution is 7.80. The predicted molar refractivity (Wildman–Crippen MR) is 103 cm³/mol. The zero-order chi connectivity index (χ0) is 18.9. The summed E-state index contributed by atoms with van der Waals surface area (Å²) < 4.78 is 28.7. The van der Waals surface area contributed by atoms with Gasteiger partial charge < -0.3 is 19.5 Å². The Morgan fingerprint density at radius 1 is 1.08 bits per heavy atom. The number of methoxy groups -OCH3 is 3. The van der Waals surface area contributed by atoms with E-state index in [1.54, 1.807) is 51.8 Å². The van der Waals surface area contributed by atoms with Gasteiger partial charge in [-0.15, -0.1) is 0 Å². The van der Waals surface area contributed by atoms with Gasteiger partial charge in [0.15, 0.2) is 16.6 Å². The molecule has 2 rings (SSSR count). The van der Waals surface area contributed by atoms with Gasteiger partial charge in [-0.3, -0.25) is 5.43 Å². The van der Waals surface area contributed by atoms with E-state index in [-0.39, 0.29) is 5.82 Å². The third kappa shape index (κ3) is 5.32. The summed E-state index contributed by atoms with van der Waals surface area (Å²) in [5, 5.41) is 7.41. The number of ether oxygens (including phenoxy) is 3. The van der Waals surface area contributed by atoms with Crippen molar-refractivity contribution in [2.45, 2.75) is 6.54 Å². The SMILES string of the molecule is COc1cc(/C=N\NC(=S)NCc2ccc(F)cc2)cc(OC)c1OC. The Balaban J connectivity index is 1.94. The summed E-state index contributed by atoms with van der Waals surface area (Å²) in [7, 11) is 4.64. The summed E-state index contributed by atoms with van der Waals surface area (Å²) in [4.78, 5) is 0. The highest BCUT2D eigenvalue weighted by atomic mass is 32.1. The molecule has 26 heavy (non-hydrogen) atoms. The lowest BCUT2D eigenvalue weighted by Crippen LogP contribution is -2.31. The minimum atomic E-state index is -0.274. The largest absolute Gasteiger partial charge is 0.493 e. The van der Waals surface area contributed by atoms with Crippen molar-refractivity contribution < 1.29 is 18.6 Å². The Morgan fingerprint density at radius 3 is 2.23 bits per heavy atom. The van der Waals surface area contributed by atoms with Gasteiger partial charge in [0.1, 0.15) is 5.82 Å². The number of hydrazone groups is 1. The second kappa shape index (κ2) is 9.57. The van der Waals surface area contributed by atoms with Gasteiger partial charge in [0.2, 0.25) is 5.75 Å². The third-order valence-corrected chi connectivity index (χ3v) is 3.67. The standard InChI is InChI=1S/C18H20FN3O3S/c1-23-15-8-13(9-16(24-2)17(15)25-3)11-21-22-18(26)20-10-12-4-6-14(19)7-5-12/h4-9,11H,10H2,1-3H3,(H2,20,22,26)/b21-11-. The Labute approximate surface area is 157 Å². The first kappa shape index (κ1) is 19.5. The number of nitrogens with one attached hydrogen (secondary N) is 2. The van der Waals surface area contributed by atoms with Gasteiger partial charge in [-0.1, -0.05) is 12.1 Å². The van der Waals surface area contributed by atoms with Gasteiger partial charge in [-0.2, -0.15) is 5.10 Å². The van der Waals surface area contributed by atoms with Crippen molar-refractivity contribution in [1.29, 1.82) is 0 Å². The summed E-state index contributed by atoms with van der Waals surface area (Å²) in [5.74, 6) is 1.30. The summed E-state index contributed by atoms with van der Waals surface area (Å²) in [5.41, 5.74) is 4.37. The Morgan fingerprint density at radius 2 is 1.69 bits per heavy atom. The zero-order valence-electron chi connectivity index (χ0n) is 14.7. The van der Waals surface area contributed by atoms with E-state index >= 15 is 0 Å². The van der Waals surface area contributed by atoms with Gasteiger partial charge in [-0.05, 0) is 42.0 Å². The molecule has 2 aromatic carbocycles. The average molecular weight is 377 g/mol. The molecule has 2 aromatic rings. The van der Waals surface area contributed by atoms with Crippen LogP contribution in [0.4, 0.5) is 4.39 Å². The minimum Gasteiger partial charge on any atom is -0.493 e. The van der Waals surface area contributed by atoms with Crippen LogP contribution in [0.5, 0.6) is 17.2 Å². The number of halogens is 1. The van der Waals surface area contributed by atoms with Crippen LogP contribution in [-0.2, 0) is 6.54 Å². The van der Waals surface area contributed by atoms with Crippen LogP contribution in [0, 0.1) is 5.82 Å². The van der Waals surface area contributed by atoms with Crippen LogP contribution in [-0.4, -0.2) is 32.7 Å². The molecule has 0 heterocycles. The highest BCUT2D eigenvalue weighted by Crippen LogP contribution is 2.37. The second-order valence-electron chi connectivity index (χ2n) is 5.14. The van der Waals surface area contributed by atoms with E-state index in [9.17, 15) is 4.39 Å². The number of nitrogens with zero attached hydrogens (tertiary/aromatic N) is 1. The fourth-order valence-electron chi connectivity index (χ4n) is 2.17. The number of hydrogen-bond acceptors (Lipinski definition) is 5. The van der Waals surface area contributed by atoms with Crippen LogP contribution in [0.15, 0.2) is 41.5 Å². The minimum absolute atomic E-state index is 0.274. The van der Waals surface area contributed by atoms with Crippen molar-refractivity contribution >= 4 is 23.5 Å². The zero-order valence-corrected chi connectivity index (χ0v) is 15.5. The molecule has 0 radical (unpaired) electrons. The summed E-state index contributed by atoms with van der Waals surface area (Å²) >= 11 is 5.15. The molecule has 0 aliphatic heterocycles. The molecular weight excluding hydrogens is 357 g/mol. The van der Waals surface area contributed by atoms with Crippen LogP contribution in [0.25, 0.3) is 0 Å². The van der Waals surface area contributed by atoms with E-state index in [1.807, 2.05) is 0 Å². The van der Waals surface area contributed by atoms with Crippen LogP contribution < -0.4 is 25.0 Å². The fourth-order valence-corrected chi connectivity index (χ4v) is 2.29. The molecular formula is C18H20FN3O3S. The molecule has 0 aromatic heterocycles. The van der Waals surface area contributed by atoms with Crippen molar-refractivity contribution in [3.8, 4) is 17.2 Å². The molecule has 0 fully saturated rings. The van der Waals surface area contributed by atoms with E-state index in [1.165, 1.54) is 12.1 Å². The van der Waals surface area contributed by atoms with Crippen LogP contribution in [0.2, 0.25) is 0 Å². The average Bonchev–Trinajstić information content (AvgIpc) is 2.66. The summed E-state index contributed by atoms with van der Waals surface area (Å²) in [6.07, 6.45) is 1.58. The first-order valence-corrected chi connectivity index (χ1v) is 8.09. The first-order chi connectivity index (χ1) is 12.6. The normalized spacial score (nSPS) is 10.5. The van der Waals surface area contributed by atoms with Crippen molar-refractivity contribution in [2.24, 2.45) is 5.10 Å². The van der Waals surface area contributed by atoms with Gasteiger partial charge in [-0.25, -0.2) is 4.39 Å².